The summed E-state index contributed by atoms with van der Waals surface area (Å²) < 4.78 is 0. The maximum Gasteiger partial charge on any atom is 0.197 e. The standard InChI is InChI=1S/C10H11N3.C2H6/c1-7-2-4-8(5-3-7)9-6-12-10(11)13-9;1-2/h2-6H,1H3,(H3,11,12,13);1-2H3. The number of anilines is 1. The predicted molar refractivity (Wildman–Crippen MR) is 64.5 cm³/mol. The molecule has 0 saturated heterocycles. The number of nitrogens with two attached hydrogens (primary N) is 1. The largest absolute Gasteiger partial charge is 0.369 e. The quantitative estimate of drug-likeness (QED) is 0.748. The normalized spacial score (nSPS) is 9.27. The Balaban J connectivity index is 0.000000531. The summed E-state index contributed by atoms with van der Waals surface area (Å²) in [5, 5.41) is 0. The first-order chi connectivity index (χ1) is 7.25. The number of nitrogens with zero attached hydrogens (tertiary/aromatic N) is 1. The lowest BCUT2D eigenvalue weighted by Crippen LogP contribution is -1.85. The zero-order valence-corrected chi connectivity index (χ0v) is 9.41. The maximum absolute atomic E-state index is 5.48. The van der Waals surface area contributed by atoms with E-state index >= 15 is 0 Å². The zero-order valence-electron chi connectivity index (χ0n) is 9.41. The van der Waals surface area contributed by atoms with Crippen molar-refractivity contribution in [1.82, 2.24) is 9.97 Å². The zero-order chi connectivity index (χ0) is 11.3. The van der Waals surface area contributed by atoms with Crippen LogP contribution in [0.25, 0.3) is 11.3 Å². The van der Waals surface area contributed by atoms with Gasteiger partial charge in [0.2, 0.25) is 0 Å². The van der Waals surface area contributed by atoms with Gasteiger partial charge in [0.1, 0.15) is 0 Å². The van der Waals surface area contributed by atoms with Gasteiger partial charge in [-0.2, -0.15) is 0 Å². The lowest BCUT2D eigenvalue weighted by molar-refractivity contribution is 1.32. The Hall–Kier alpha value is -1.77. The van der Waals surface area contributed by atoms with Crippen molar-refractivity contribution >= 4 is 5.95 Å². The lowest BCUT2D eigenvalue weighted by atomic mass is 10.1. The molecule has 0 atom stereocenters. The molecule has 2 rings (SSSR count). The summed E-state index contributed by atoms with van der Waals surface area (Å²) in [7, 11) is 0. The van der Waals surface area contributed by atoms with Crippen LogP contribution in [0.5, 0.6) is 0 Å². The Morgan fingerprint density at radius 1 is 1.13 bits per heavy atom. The Bertz CT molecular complexity index is 401. The van der Waals surface area contributed by atoms with E-state index in [0.717, 1.165) is 11.3 Å². The van der Waals surface area contributed by atoms with Gasteiger partial charge < -0.3 is 10.7 Å². The van der Waals surface area contributed by atoms with E-state index < -0.39 is 0 Å². The van der Waals surface area contributed by atoms with E-state index in [0.29, 0.717) is 5.95 Å². The van der Waals surface area contributed by atoms with Crippen molar-refractivity contribution in [3.05, 3.63) is 36.0 Å². The number of imidazole rings is 1. The molecule has 0 unspecified atom stereocenters. The van der Waals surface area contributed by atoms with E-state index in [2.05, 4.69) is 29.0 Å². The number of aryl methyl sites for hydroxylation is 1. The van der Waals surface area contributed by atoms with Crippen LogP contribution in [0, 0.1) is 6.92 Å². The van der Waals surface area contributed by atoms with E-state index in [4.69, 9.17) is 5.73 Å². The minimum Gasteiger partial charge on any atom is -0.369 e. The Morgan fingerprint density at radius 3 is 2.20 bits per heavy atom. The number of H-pyrrole nitrogens is 1. The first kappa shape index (κ1) is 11.3. The molecule has 3 N–H and O–H groups in total. The number of aromatic nitrogens is 2. The average Bonchev–Trinajstić information content (AvgIpc) is 2.69. The number of hydrogen-bond donors (Lipinski definition) is 2. The van der Waals surface area contributed by atoms with Crippen LogP contribution in [0.1, 0.15) is 19.4 Å². The van der Waals surface area contributed by atoms with Crippen LogP contribution in [0.2, 0.25) is 0 Å². The highest BCUT2D eigenvalue weighted by Crippen LogP contribution is 2.17. The lowest BCUT2D eigenvalue weighted by Gasteiger charge is -1.97. The summed E-state index contributed by atoms with van der Waals surface area (Å²) in [5.41, 5.74) is 8.79. The number of aromatic amines is 1. The summed E-state index contributed by atoms with van der Waals surface area (Å²) in [6.45, 7) is 6.06. The molecule has 0 aliphatic heterocycles. The van der Waals surface area contributed by atoms with Gasteiger partial charge >= 0.3 is 0 Å². The van der Waals surface area contributed by atoms with Crippen LogP contribution in [-0.2, 0) is 0 Å². The van der Waals surface area contributed by atoms with Crippen molar-refractivity contribution in [2.75, 3.05) is 5.73 Å². The molecule has 0 aliphatic carbocycles. The van der Waals surface area contributed by atoms with Crippen molar-refractivity contribution in [3.63, 3.8) is 0 Å². The molecule has 1 aromatic carbocycles. The second-order valence-corrected chi connectivity index (χ2v) is 3.05. The maximum atomic E-state index is 5.48. The molecule has 0 fully saturated rings. The fourth-order valence-electron chi connectivity index (χ4n) is 1.22. The van der Waals surface area contributed by atoms with Gasteiger partial charge in [-0.05, 0) is 12.5 Å². The van der Waals surface area contributed by atoms with Gasteiger partial charge in [-0.1, -0.05) is 43.7 Å². The van der Waals surface area contributed by atoms with Crippen LogP contribution >= 0.6 is 0 Å². The molecule has 3 heteroatoms. The smallest absolute Gasteiger partial charge is 0.197 e. The molecule has 0 aliphatic rings. The topological polar surface area (TPSA) is 54.7 Å². The van der Waals surface area contributed by atoms with Crippen LogP contribution in [0.4, 0.5) is 5.95 Å². The van der Waals surface area contributed by atoms with E-state index in [1.54, 1.807) is 6.20 Å². The highest BCUT2D eigenvalue weighted by Gasteiger charge is 1.99. The molecular formula is C12H17N3. The molecule has 80 valence electrons. The van der Waals surface area contributed by atoms with Crippen molar-refractivity contribution in [2.24, 2.45) is 0 Å². The van der Waals surface area contributed by atoms with Gasteiger partial charge in [0, 0.05) is 0 Å². The molecule has 0 amide bonds. The Morgan fingerprint density at radius 2 is 1.73 bits per heavy atom. The molecule has 15 heavy (non-hydrogen) atoms. The first-order valence-corrected chi connectivity index (χ1v) is 5.13. The van der Waals surface area contributed by atoms with Gasteiger partial charge in [-0.15, -0.1) is 0 Å². The average molecular weight is 203 g/mol. The molecule has 0 radical (unpaired) electrons. The van der Waals surface area contributed by atoms with E-state index in [1.165, 1.54) is 5.56 Å². The summed E-state index contributed by atoms with van der Waals surface area (Å²) in [5.74, 6) is 0.454. The molecule has 0 spiro atoms. The van der Waals surface area contributed by atoms with E-state index in [1.807, 2.05) is 26.0 Å². The number of nitrogens with one attached hydrogen (secondary N) is 1. The SMILES string of the molecule is CC.Cc1ccc(-c2cnc(N)[nH]2)cc1. The molecule has 0 bridgehead atoms. The minimum atomic E-state index is 0.454. The summed E-state index contributed by atoms with van der Waals surface area (Å²) in [6, 6.07) is 8.21. The molecule has 2 aromatic rings. The van der Waals surface area contributed by atoms with Crippen LogP contribution in [-0.4, -0.2) is 9.97 Å². The highest BCUT2D eigenvalue weighted by molar-refractivity contribution is 5.60. The van der Waals surface area contributed by atoms with Crippen molar-refractivity contribution < 1.29 is 0 Å². The summed E-state index contributed by atoms with van der Waals surface area (Å²) >= 11 is 0. The molecule has 1 aromatic heterocycles. The van der Waals surface area contributed by atoms with Gasteiger partial charge in [0.25, 0.3) is 0 Å². The Kier molecular flexibility index (Phi) is 3.92. The second kappa shape index (κ2) is 5.20. The number of rotatable bonds is 1. The van der Waals surface area contributed by atoms with Gasteiger partial charge in [-0.25, -0.2) is 4.98 Å². The van der Waals surface area contributed by atoms with E-state index in [9.17, 15) is 0 Å². The van der Waals surface area contributed by atoms with Crippen molar-refractivity contribution in [3.8, 4) is 11.3 Å². The fraction of sp³-hybridized carbons (Fsp3) is 0.250. The third-order valence-electron chi connectivity index (χ3n) is 1.96. The second-order valence-electron chi connectivity index (χ2n) is 3.05. The van der Waals surface area contributed by atoms with Gasteiger partial charge in [0.15, 0.2) is 5.95 Å². The Labute approximate surface area is 90.4 Å². The molecule has 0 saturated carbocycles. The third-order valence-corrected chi connectivity index (χ3v) is 1.96. The molecular weight excluding hydrogens is 186 g/mol. The third kappa shape index (κ3) is 2.84. The van der Waals surface area contributed by atoms with Crippen molar-refractivity contribution in [2.45, 2.75) is 20.8 Å². The van der Waals surface area contributed by atoms with Crippen LogP contribution in [0.3, 0.4) is 0 Å². The highest BCUT2D eigenvalue weighted by atomic mass is 15.0. The van der Waals surface area contributed by atoms with Gasteiger partial charge in [-0.3, -0.25) is 0 Å². The summed E-state index contributed by atoms with van der Waals surface area (Å²) in [4.78, 5) is 6.92. The summed E-state index contributed by atoms with van der Waals surface area (Å²) in [6.07, 6.45) is 1.74. The van der Waals surface area contributed by atoms with Crippen molar-refractivity contribution in [1.29, 1.82) is 0 Å². The van der Waals surface area contributed by atoms with Gasteiger partial charge in [0.05, 0.1) is 11.9 Å². The number of hydrogen-bond acceptors (Lipinski definition) is 2. The van der Waals surface area contributed by atoms with Crippen LogP contribution < -0.4 is 5.73 Å². The number of benzene rings is 1. The monoisotopic (exact) mass is 203 g/mol. The fourth-order valence-corrected chi connectivity index (χ4v) is 1.22. The molecule has 1 heterocycles. The van der Waals surface area contributed by atoms with Crippen LogP contribution in [0.15, 0.2) is 30.5 Å². The number of nitrogen functional groups attached to an aromatic ring is 1. The predicted octanol–water partition coefficient (Wildman–Crippen LogP) is 2.99. The van der Waals surface area contributed by atoms with E-state index in [-0.39, 0.29) is 0 Å². The first-order valence-electron chi connectivity index (χ1n) is 5.13. The molecule has 3 nitrogen and oxygen atoms in total. The minimum absolute atomic E-state index is 0.454.